The van der Waals surface area contributed by atoms with E-state index in [0.717, 1.165) is 65.9 Å². The highest BCUT2D eigenvalue weighted by Gasteiger charge is 2.36. The van der Waals surface area contributed by atoms with Gasteiger partial charge >= 0.3 is 0 Å². The van der Waals surface area contributed by atoms with Gasteiger partial charge in [0.2, 0.25) is 9.84 Å². The molecule has 1 saturated carbocycles. The molecule has 0 unspecified atom stereocenters. The number of nitrogens with zero attached hydrogens (tertiary/aromatic N) is 5. The summed E-state index contributed by atoms with van der Waals surface area (Å²) in [4.78, 5) is 16.9. The van der Waals surface area contributed by atoms with Crippen LogP contribution in [-0.4, -0.2) is 110 Å². The molecule has 1 aliphatic carbocycles. The Morgan fingerprint density at radius 1 is 0.745 bits per heavy atom. The first-order valence-electron chi connectivity index (χ1n) is 19.3. The molecule has 2 aromatic carbocycles. The molecule has 278 valence electrons. The average molecular weight is 734 g/mol. The lowest BCUT2D eigenvalue weighted by Crippen LogP contribution is -2.55. The van der Waals surface area contributed by atoms with E-state index in [2.05, 4.69) is 72.6 Å². The van der Waals surface area contributed by atoms with Gasteiger partial charge in [0, 0.05) is 73.9 Å². The number of piperazine rings is 1. The van der Waals surface area contributed by atoms with Crippen molar-refractivity contribution in [2.24, 2.45) is 5.41 Å². The third kappa shape index (κ3) is 8.56. The first-order valence-corrected chi connectivity index (χ1v) is 22.0. The Balaban J connectivity index is 1.06. The number of hydrogen-bond acceptors (Lipinski definition) is 9. The number of ether oxygens (including phenoxy) is 1. The molecule has 1 aromatic heterocycles. The molecule has 0 spiro atoms. The Morgan fingerprint density at radius 3 is 1.84 bits per heavy atom. The van der Waals surface area contributed by atoms with Gasteiger partial charge in [0.25, 0.3) is 0 Å². The number of rotatable bonds is 10. The maximum Gasteiger partial charge on any atom is 0.210 e. The molecule has 7 rings (SSSR count). The molecular weight excluding hydrogens is 675 g/mol. The third-order valence-electron chi connectivity index (χ3n) is 11.5. The summed E-state index contributed by atoms with van der Waals surface area (Å²) in [5.74, 6) is 0.673. The molecule has 10 heteroatoms. The number of piperidine rings is 2. The molecule has 0 amide bonds. The maximum atomic E-state index is 14.5. The second-order valence-corrected chi connectivity index (χ2v) is 20.0. The average Bonchev–Trinajstić information content (AvgIpc) is 3.96. The number of pyridine rings is 1. The second-order valence-electron chi connectivity index (χ2n) is 17.2. The fraction of sp³-hybridized carbons (Fsp3) is 0.634. The van der Waals surface area contributed by atoms with Crippen molar-refractivity contribution < 1.29 is 13.2 Å². The maximum absolute atomic E-state index is 14.5. The predicted octanol–water partition coefficient (Wildman–Crippen LogP) is 7.60. The summed E-state index contributed by atoms with van der Waals surface area (Å²) in [6.45, 7) is 19.7. The molecule has 4 heterocycles. The number of anilines is 1. The normalized spacial score (nSPS) is 21.4. The Kier molecular flexibility index (Phi) is 10.7. The van der Waals surface area contributed by atoms with Gasteiger partial charge in [0.1, 0.15) is 16.2 Å². The van der Waals surface area contributed by atoms with Crippen LogP contribution >= 0.6 is 11.8 Å². The van der Waals surface area contributed by atoms with Crippen molar-refractivity contribution in [3.63, 3.8) is 0 Å². The number of thioether (sulfide) groups is 1. The Hall–Kier alpha value is -2.37. The number of benzene rings is 2. The molecule has 4 fully saturated rings. The molecular formula is C41H59N5O3S2. The Bertz CT molecular complexity index is 1760. The zero-order chi connectivity index (χ0) is 36.0. The minimum absolute atomic E-state index is 0.110. The van der Waals surface area contributed by atoms with Crippen LogP contribution in [-0.2, 0) is 9.84 Å². The second kappa shape index (κ2) is 14.8. The van der Waals surface area contributed by atoms with Gasteiger partial charge in [0.15, 0.2) is 0 Å². The molecule has 0 atom stereocenters. The number of likely N-dealkylation sites (tertiary alicyclic amines) is 1. The summed E-state index contributed by atoms with van der Waals surface area (Å²) in [7, 11) is -3.86. The van der Waals surface area contributed by atoms with E-state index in [1.54, 1.807) is 42.2 Å². The third-order valence-corrected chi connectivity index (χ3v) is 14.0. The Labute approximate surface area is 311 Å². The van der Waals surface area contributed by atoms with Gasteiger partial charge in [-0.2, -0.15) is 0 Å². The van der Waals surface area contributed by atoms with Gasteiger partial charge in [-0.05, 0) is 126 Å². The number of aromatic nitrogens is 1. The van der Waals surface area contributed by atoms with E-state index in [-0.39, 0.29) is 20.8 Å². The number of fused-ring (bicyclic) bond motifs is 1. The minimum atomic E-state index is -3.86. The zero-order valence-corrected chi connectivity index (χ0v) is 33.4. The molecule has 0 N–H and O–H groups in total. The summed E-state index contributed by atoms with van der Waals surface area (Å²) < 4.78 is 35.3. The molecule has 3 aliphatic heterocycles. The highest BCUT2D eigenvalue weighted by Crippen LogP contribution is 2.40. The van der Waals surface area contributed by atoms with E-state index in [9.17, 15) is 8.42 Å². The van der Waals surface area contributed by atoms with Gasteiger partial charge in [0.05, 0.1) is 16.1 Å². The summed E-state index contributed by atoms with van der Waals surface area (Å²) in [6.07, 6.45) is 11.9. The minimum Gasteiger partial charge on any atom is -0.488 e. The van der Waals surface area contributed by atoms with Crippen molar-refractivity contribution in [2.75, 3.05) is 63.5 Å². The highest BCUT2D eigenvalue weighted by atomic mass is 32.2. The summed E-state index contributed by atoms with van der Waals surface area (Å²) in [5.41, 5.74) is 1.35. The van der Waals surface area contributed by atoms with Crippen molar-refractivity contribution in [1.29, 1.82) is 0 Å². The van der Waals surface area contributed by atoms with E-state index in [1.165, 1.54) is 65.0 Å². The van der Waals surface area contributed by atoms with E-state index in [1.807, 2.05) is 6.07 Å². The molecule has 0 bridgehead atoms. The molecule has 4 aliphatic rings. The smallest absolute Gasteiger partial charge is 0.210 e. The highest BCUT2D eigenvalue weighted by molar-refractivity contribution is 7.98. The number of sulfone groups is 1. The summed E-state index contributed by atoms with van der Waals surface area (Å²) in [6, 6.07) is 15.3. The van der Waals surface area contributed by atoms with E-state index < -0.39 is 9.84 Å². The van der Waals surface area contributed by atoms with Crippen molar-refractivity contribution in [2.45, 2.75) is 118 Å². The van der Waals surface area contributed by atoms with Gasteiger partial charge in [-0.25, -0.2) is 8.42 Å². The largest absolute Gasteiger partial charge is 0.488 e. The van der Waals surface area contributed by atoms with Crippen molar-refractivity contribution in [3.8, 4) is 5.75 Å². The monoisotopic (exact) mass is 733 g/mol. The van der Waals surface area contributed by atoms with Crippen LogP contribution in [0.25, 0.3) is 10.9 Å². The van der Waals surface area contributed by atoms with Crippen molar-refractivity contribution in [3.05, 3.63) is 48.7 Å². The number of hydrogen-bond donors (Lipinski definition) is 0. The lowest BCUT2D eigenvalue weighted by Gasteiger charge is -2.46. The van der Waals surface area contributed by atoms with Crippen LogP contribution in [0.3, 0.4) is 0 Å². The lowest BCUT2D eigenvalue weighted by atomic mass is 9.83. The topological polar surface area (TPSA) is 69.2 Å². The van der Waals surface area contributed by atoms with Crippen LogP contribution in [0.1, 0.15) is 79.6 Å². The molecule has 0 radical (unpaired) electrons. The molecule has 51 heavy (non-hydrogen) atoms. The van der Waals surface area contributed by atoms with E-state index >= 15 is 0 Å². The molecule has 3 saturated heterocycles. The fourth-order valence-corrected chi connectivity index (χ4v) is 11.1. The van der Waals surface area contributed by atoms with Crippen molar-refractivity contribution >= 4 is 38.2 Å². The molecule has 8 nitrogen and oxygen atoms in total. The summed E-state index contributed by atoms with van der Waals surface area (Å²) in [5, 5.41) is 0.910. The van der Waals surface area contributed by atoms with Gasteiger partial charge in [-0.15, -0.1) is 11.8 Å². The predicted molar refractivity (Wildman–Crippen MR) is 210 cm³/mol. The first-order chi connectivity index (χ1) is 24.3. The first kappa shape index (κ1) is 37.0. The summed E-state index contributed by atoms with van der Waals surface area (Å²) >= 11 is 1.67. The van der Waals surface area contributed by atoms with Crippen molar-refractivity contribution in [1.82, 2.24) is 19.7 Å². The Morgan fingerprint density at radius 2 is 1.29 bits per heavy atom. The lowest BCUT2D eigenvalue weighted by molar-refractivity contribution is 0.0416. The fourth-order valence-electron chi connectivity index (χ4n) is 9.21. The van der Waals surface area contributed by atoms with Crippen LogP contribution in [0.15, 0.2) is 63.3 Å². The van der Waals surface area contributed by atoms with Crippen LogP contribution in [0, 0.1) is 5.41 Å². The quantitative estimate of drug-likeness (QED) is 0.196. The van der Waals surface area contributed by atoms with Gasteiger partial charge < -0.3 is 14.5 Å². The van der Waals surface area contributed by atoms with E-state index in [0.29, 0.717) is 11.8 Å². The van der Waals surface area contributed by atoms with Gasteiger partial charge in [-0.1, -0.05) is 20.8 Å². The SMILES string of the molecule is CSc1ccc2ncc(S(=O)(=O)c3ccc(OC(C)(C)CC(C)(C)C)cc3)c(N3CCC(N4CCC(N5CCN(C6CC6)CC5)CC4)CC3)c2c1. The standard InChI is InChI=1S/C41H59N5O3S2/c1-40(2,3)29-41(4,5)49-33-9-12-35(13-10-33)51(47,48)38-28-42-37-14-11-34(50-6)27-36(37)39(38)46-21-17-31(18-22-46)43-19-15-32(16-20-43)45-25-23-44(24-26-45)30-7-8-30/h9-14,27-28,30-32H,7-8,15-26,29H2,1-6H3. The van der Waals surface area contributed by atoms with Crippen LogP contribution in [0.2, 0.25) is 0 Å². The van der Waals surface area contributed by atoms with Crippen LogP contribution < -0.4 is 9.64 Å². The molecule has 3 aromatic rings. The zero-order valence-electron chi connectivity index (χ0n) is 31.7. The van der Waals surface area contributed by atoms with E-state index in [4.69, 9.17) is 9.72 Å². The van der Waals surface area contributed by atoms with Crippen LogP contribution in [0.4, 0.5) is 5.69 Å². The van der Waals surface area contributed by atoms with Gasteiger partial charge in [-0.3, -0.25) is 14.8 Å². The van der Waals surface area contributed by atoms with Crippen LogP contribution in [0.5, 0.6) is 5.75 Å².